The minimum Gasteiger partial charge on any atom is -0.444 e. The Morgan fingerprint density at radius 2 is 1.92 bits per heavy atom. The van der Waals surface area contributed by atoms with Crippen LogP contribution in [0.5, 0.6) is 0 Å². The first-order valence-electron chi connectivity index (χ1n) is 7.46. The number of urea groups is 1. The summed E-state index contributed by atoms with van der Waals surface area (Å²) in [5.41, 5.74) is -0.468. The van der Waals surface area contributed by atoms with Crippen molar-refractivity contribution in [2.45, 2.75) is 39.3 Å². The topological polar surface area (TPSA) is 88.7 Å². The second-order valence-corrected chi connectivity index (χ2v) is 6.28. The fourth-order valence-electron chi connectivity index (χ4n) is 1.80. The molecule has 134 valence electrons. The van der Waals surface area contributed by atoms with Crippen LogP contribution in [0.1, 0.15) is 27.7 Å². The van der Waals surface area contributed by atoms with Gasteiger partial charge in [-0.1, -0.05) is 0 Å². The Balaban J connectivity index is 2.72. The summed E-state index contributed by atoms with van der Waals surface area (Å²) >= 11 is 0. The van der Waals surface area contributed by atoms with Crippen LogP contribution in [0.25, 0.3) is 0 Å². The summed E-state index contributed by atoms with van der Waals surface area (Å²) in [7, 11) is 1.53. The zero-order chi connectivity index (χ0) is 18.3. The molecule has 1 rings (SSSR count). The summed E-state index contributed by atoms with van der Waals surface area (Å²) in [5, 5.41) is 7.52. The number of methoxy groups -OCH3 is 1. The van der Waals surface area contributed by atoms with Crippen molar-refractivity contribution in [3.63, 3.8) is 0 Å². The second kappa shape index (κ2) is 8.49. The van der Waals surface area contributed by atoms with Gasteiger partial charge in [-0.25, -0.2) is 14.0 Å². The van der Waals surface area contributed by atoms with E-state index in [4.69, 9.17) is 9.47 Å². The van der Waals surface area contributed by atoms with Gasteiger partial charge < -0.3 is 20.1 Å². The molecule has 3 amide bonds. The number of benzene rings is 1. The van der Waals surface area contributed by atoms with Gasteiger partial charge in [-0.3, -0.25) is 5.32 Å². The molecule has 0 heterocycles. The molecule has 3 N–H and O–H groups in total. The summed E-state index contributed by atoms with van der Waals surface area (Å²) in [6, 6.07) is 3.18. The van der Waals surface area contributed by atoms with Gasteiger partial charge in [0.05, 0.1) is 18.3 Å². The highest BCUT2D eigenvalue weighted by molar-refractivity contribution is 5.91. The zero-order valence-corrected chi connectivity index (χ0v) is 14.5. The number of rotatable bonds is 5. The van der Waals surface area contributed by atoms with Crippen LogP contribution in [0.15, 0.2) is 18.2 Å². The number of carbonyl (C=O) groups excluding carboxylic acids is 2. The number of carbonyl (C=O) groups is 2. The smallest absolute Gasteiger partial charge is 0.412 e. The minimum absolute atomic E-state index is 0.0908. The molecule has 0 saturated heterocycles. The average molecular weight is 341 g/mol. The first-order chi connectivity index (χ1) is 11.1. The predicted molar refractivity (Wildman–Crippen MR) is 89.7 cm³/mol. The Kier molecular flexibility index (Phi) is 6.97. The van der Waals surface area contributed by atoms with Crippen molar-refractivity contribution in [1.29, 1.82) is 0 Å². The Hall–Kier alpha value is -2.35. The Morgan fingerprint density at radius 1 is 1.25 bits per heavy atom. The number of amides is 3. The third kappa shape index (κ3) is 7.28. The number of anilines is 2. The van der Waals surface area contributed by atoms with E-state index in [2.05, 4.69) is 16.0 Å². The van der Waals surface area contributed by atoms with Crippen molar-refractivity contribution < 1.29 is 23.5 Å². The highest BCUT2D eigenvalue weighted by Crippen LogP contribution is 2.20. The quantitative estimate of drug-likeness (QED) is 0.766. The monoisotopic (exact) mass is 341 g/mol. The molecule has 1 atom stereocenters. The molecule has 0 saturated carbocycles. The Bertz CT molecular complexity index is 587. The number of ether oxygens (including phenoxy) is 2. The molecule has 0 fully saturated rings. The van der Waals surface area contributed by atoms with Crippen LogP contribution >= 0.6 is 0 Å². The van der Waals surface area contributed by atoms with E-state index in [1.54, 1.807) is 27.7 Å². The molecule has 0 unspecified atom stereocenters. The van der Waals surface area contributed by atoms with Gasteiger partial charge in [0, 0.05) is 12.8 Å². The van der Waals surface area contributed by atoms with E-state index in [0.717, 1.165) is 6.07 Å². The van der Waals surface area contributed by atoms with Gasteiger partial charge in [0.25, 0.3) is 0 Å². The van der Waals surface area contributed by atoms with Crippen molar-refractivity contribution in [1.82, 2.24) is 5.32 Å². The normalized spacial score (nSPS) is 12.2. The molecular formula is C16H24FN3O4. The fourth-order valence-corrected chi connectivity index (χ4v) is 1.80. The van der Waals surface area contributed by atoms with E-state index in [9.17, 15) is 14.0 Å². The molecule has 1 aromatic rings. The summed E-state index contributed by atoms with van der Waals surface area (Å²) in [4.78, 5) is 23.5. The van der Waals surface area contributed by atoms with Crippen LogP contribution in [0.4, 0.5) is 25.4 Å². The van der Waals surface area contributed by atoms with Gasteiger partial charge in [-0.2, -0.15) is 0 Å². The van der Waals surface area contributed by atoms with E-state index in [0.29, 0.717) is 12.3 Å². The van der Waals surface area contributed by atoms with Gasteiger partial charge in [-0.15, -0.1) is 0 Å². The molecule has 7 nitrogen and oxygen atoms in total. The third-order valence-electron chi connectivity index (χ3n) is 2.65. The van der Waals surface area contributed by atoms with Crippen molar-refractivity contribution in [2.24, 2.45) is 0 Å². The highest BCUT2D eigenvalue weighted by atomic mass is 19.1. The van der Waals surface area contributed by atoms with E-state index in [1.807, 2.05) is 0 Å². The standard InChI is InChI=1S/C16H24FN3O4/c1-10(9-23-5)18-14(21)19-11-6-7-12(17)13(8-11)20-15(22)24-16(2,3)4/h6-8,10H,9H2,1-5H3,(H,20,22)(H2,18,19,21)/t10-/m0/s1. The van der Waals surface area contributed by atoms with Crippen molar-refractivity contribution >= 4 is 23.5 Å². The SMILES string of the molecule is COC[C@H](C)NC(=O)Nc1ccc(F)c(NC(=O)OC(C)(C)C)c1. The highest BCUT2D eigenvalue weighted by Gasteiger charge is 2.18. The van der Waals surface area contributed by atoms with Gasteiger partial charge in [0.2, 0.25) is 0 Å². The second-order valence-electron chi connectivity index (χ2n) is 6.28. The molecule has 0 spiro atoms. The van der Waals surface area contributed by atoms with E-state index in [1.165, 1.54) is 19.2 Å². The lowest BCUT2D eigenvalue weighted by atomic mass is 10.2. The molecule has 24 heavy (non-hydrogen) atoms. The first-order valence-corrected chi connectivity index (χ1v) is 7.46. The maximum atomic E-state index is 13.8. The Labute approximate surface area is 140 Å². The minimum atomic E-state index is -0.781. The number of hydrogen-bond acceptors (Lipinski definition) is 4. The summed E-state index contributed by atoms with van der Waals surface area (Å²) in [6.07, 6.45) is -0.781. The first kappa shape index (κ1) is 19.7. The van der Waals surface area contributed by atoms with E-state index >= 15 is 0 Å². The van der Waals surface area contributed by atoms with Crippen LogP contribution in [0.2, 0.25) is 0 Å². The van der Waals surface area contributed by atoms with Crippen molar-refractivity contribution in [2.75, 3.05) is 24.4 Å². The van der Waals surface area contributed by atoms with E-state index < -0.39 is 23.5 Å². The lowest BCUT2D eigenvalue weighted by Gasteiger charge is -2.20. The number of hydrogen-bond donors (Lipinski definition) is 3. The maximum Gasteiger partial charge on any atom is 0.412 e. The number of nitrogens with one attached hydrogen (secondary N) is 3. The van der Waals surface area contributed by atoms with E-state index in [-0.39, 0.29) is 11.7 Å². The van der Waals surface area contributed by atoms with Gasteiger partial charge in [-0.05, 0) is 45.9 Å². The molecule has 0 radical (unpaired) electrons. The summed E-state index contributed by atoms with van der Waals surface area (Å²) in [5.74, 6) is -0.639. The molecule has 0 aliphatic heterocycles. The summed E-state index contributed by atoms with van der Waals surface area (Å²) < 4.78 is 23.8. The summed E-state index contributed by atoms with van der Waals surface area (Å²) in [6.45, 7) is 7.25. The van der Waals surface area contributed by atoms with Crippen LogP contribution in [-0.2, 0) is 9.47 Å². The Morgan fingerprint density at radius 3 is 2.50 bits per heavy atom. The predicted octanol–water partition coefficient (Wildman–Crippen LogP) is 3.33. The molecule has 0 bridgehead atoms. The fraction of sp³-hybridized carbons (Fsp3) is 0.500. The maximum absolute atomic E-state index is 13.8. The molecule has 0 aromatic heterocycles. The van der Waals surface area contributed by atoms with Crippen molar-refractivity contribution in [3.05, 3.63) is 24.0 Å². The van der Waals surface area contributed by atoms with Gasteiger partial charge in [0.1, 0.15) is 11.4 Å². The molecule has 0 aliphatic rings. The van der Waals surface area contributed by atoms with Crippen LogP contribution in [-0.4, -0.2) is 37.5 Å². The lowest BCUT2D eigenvalue weighted by Crippen LogP contribution is -2.38. The van der Waals surface area contributed by atoms with Crippen molar-refractivity contribution in [3.8, 4) is 0 Å². The largest absolute Gasteiger partial charge is 0.444 e. The molecule has 1 aromatic carbocycles. The van der Waals surface area contributed by atoms with Crippen LogP contribution in [0, 0.1) is 5.82 Å². The van der Waals surface area contributed by atoms with Crippen LogP contribution in [0.3, 0.4) is 0 Å². The average Bonchev–Trinajstić information content (AvgIpc) is 2.40. The zero-order valence-electron chi connectivity index (χ0n) is 14.5. The lowest BCUT2D eigenvalue weighted by molar-refractivity contribution is 0.0635. The molecule has 8 heteroatoms. The molecular weight excluding hydrogens is 317 g/mol. The van der Waals surface area contributed by atoms with Gasteiger partial charge >= 0.3 is 12.1 Å². The third-order valence-corrected chi connectivity index (χ3v) is 2.65. The number of halogens is 1. The van der Waals surface area contributed by atoms with Gasteiger partial charge in [0.15, 0.2) is 0 Å². The van der Waals surface area contributed by atoms with Crippen LogP contribution < -0.4 is 16.0 Å². The molecule has 0 aliphatic carbocycles.